The van der Waals surface area contributed by atoms with Crippen molar-refractivity contribution < 1.29 is 23.9 Å². The van der Waals surface area contributed by atoms with Gasteiger partial charge in [-0.15, -0.1) is 0 Å². The van der Waals surface area contributed by atoms with Crippen molar-refractivity contribution in [2.24, 2.45) is 5.92 Å². The molecule has 2 amide bonds. The number of nitrogens with zero attached hydrogens (tertiary/aromatic N) is 2. The van der Waals surface area contributed by atoms with Gasteiger partial charge in [0, 0.05) is 19.3 Å². The lowest BCUT2D eigenvalue weighted by Gasteiger charge is -2.21. The van der Waals surface area contributed by atoms with E-state index in [1.165, 1.54) is 16.5 Å². The number of aromatic carboxylic acids is 1. The van der Waals surface area contributed by atoms with Gasteiger partial charge in [-0.05, 0) is 43.0 Å². The van der Waals surface area contributed by atoms with Crippen molar-refractivity contribution in [3.8, 4) is 0 Å². The van der Waals surface area contributed by atoms with Gasteiger partial charge in [0.05, 0.1) is 6.54 Å². The van der Waals surface area contributed by atoms with E-state index in [-0.39, 0.29) is 23.9 Å². The van der Waals surface area contributed by atoms with Gasteiger partial charge in [0.2, 0.25) is 11.8 Å². The van der Waals surface area contributed by atoms with E-state index in [1.54, 1.807) is 18.9 Å². The maximum Gasteiger partial charge on any atom is 0.339 e. The zero-order chi connectivity index (χ0) is 21.3. The Balaban J connectivity index is 1.67. The molecule has 1 aromatic carbocycles. The first-order chi connectivity index (χ1) is 13.7. The van der Waals surface area contributed by atoms with Crippen LogP contribution in [-0.2, 0) is 16.1 Å². The highest BCUT2D eigenvalue weighted by atomic mass is 16.4. The number of amides is 2. The molecule has 2 heterocycles. The van der Waals surface area contributed by atoms with Crippen LogP contribution in [0.1, 0.15) is 53.6 Å². The van der Waals surface area contributed by atoms with Gasteiger partial charge in [-0.25, -0.2) is 4.79 Å². The Labute approximate surface area is 169 Å². The Morgan fingerprint density at radius 1 is 1.28 bits per heavy atom. The minimum absolute atomic E-state index is 0.0776. The molecule has 0 saturated carbocycles. The number of carbonyl (C=O) groups excluding carboxylic acids is 2. The molecule has 1 unspecified atom stereocenters. The summed E-state index contributed by atoms with van der Waals surface area (Å²) >= 11 is 0. The second-order valence-electron chi connectivity index (χ2n) is 7.76. The van der Waals surface area contributed by atoms with Gasteiger partial charge < -0.3 is 19.3 Å². The Morgan fingerprint density at radius 2 is 1.93 bits per heavy atom. The molecule has 1 aliphatic rings. The van der Waals surface area contributed by atoms with Gasteiger partial charge >= 0.3 is 5.97 Å². The molecule has 154 valence electrons. The quantitative estimate of drug-likeness (QED) is 0.753. The van der Waals surface area contributed by atoms with Gasteiger partial charge in [0.25, 0.3) is 0 Å². The number of hydrogen-bond acceptors (Lipinski definition) is 4. The van der Waals surface area contributed by atoms with Crippen LogP contribution in [-0.4, -0.2) is 41.4 Å². The molecule has 1 fully saturated rings. The van der Waals surface area contributed by atoms with Crippen LogP contribution in [0.5, 0.6) is 0 Å². The number of aryl methyl sites for hydroxylation is 1. The Bertz CT molecular complexity index is 929. The average Bonchev–Trinajstić information content (AvgIpc) is 3.23. The normalized spacial score (nSPS) is 16.5. The van der Waals surface area contributed by atoms with Crippen molar-refractivity contribution in [3.05, 3.63) is 53.0 Å². The molecule has 0 bridgehead atoms. The third-order valence-electron chi connectivity index (χ3n) is 5.34. The van der Waals surface area contributed by atoms with Gasteiger partial charge in [-0.2, -0.15) is 0 Å². The van der Waals surface area contributed by atoms with Crippen molar-refractivity contribution in [1.82, 2.24) is 4.90 Å². The molecular weight excluding hydrogens is 372 g/mol. The fraction of sp³-hybridized carbons (Fsp3) is 0.409. The SMILES string of the molecule is Cc1oc(CN(C)C(=O)C2CCN(c3ccc(C(C)C)cc3)C2=O)cc1C(=O)O. The first-order valence-corrected chi connectivity index (χ1v) is 9.68. The predicted molar refractivity (Wildman–Crippen MR) is 108 cm³/mol. The lowest BCUT2D eigenvalue weighted by molar-refractivity contribution is -0.139. The molecule has 1 atom stereocenters. The van der Waals surface area contributed by atoms with Crippen molar-refractivity contribution in [3.63, 3.8) is 0 Å². The molecule has 0 aliphatic carbocycles. The summed E-state index contributed by atoms with van der Waals surface area (Å²) in [4.78, 5) is 39.9. The summed E-state index contributed by atoms with van der Waals surface area (Å²) in [5, 5.41) is 9.12. The summed E-state index contributed by atoms with van der Waals surface area (Å²) in [5.41, 5.74) is 2.07. The molecule has 1 N–H and O–H groups in total. The molecular formula is C22H26N2O5. The van der Waals surface area contributed by atoms with Crippen molar-refractivity contribution in [1.29, 1.82) is 0 Å². The third-order valence-corrected chi connectivity index (χ3v) is 5.34. The molecule has 0 spiro atoms. The van der Waals surface area contributed by atoms with E-state index in [2.05, 4.69) is 13.8 Å². The molecule has 1 saturated heterocycles. The molecule has 3 rings (SSSR count). The average molecular weight is 398 g/mol. The Kier molecular flexibility index (Phi) is 5.77. The monoisotopic (exact) mass is 398 g/mol. The summed E-state index contributed by atoms with van der Waals surface area (Å²) in [6.45, 7) is 6.39. The smallest absolute Gasteiger partial charge is 0.339 e. The fourth-order valence-electron chi connectivity index (χ4n) is 3.62. The van der Waals surface area contributed by atoms with E-state index < -0.39 is 11.9 Å². The molecule has 1 aromatic heterocycles. The topological polar surface area (TPSA) is 91.1 Å². The number of anilines is 1. The van der Waals surface area contributed by atoms with E-state index in [1.807, 2.05) is 24.3 Å². The fourth-order valence-corrected chi connectivity index (χ4v) is 3.62. The summed E-state index contributed by atoms with van der Waals surface area (Å²) < 4.78 is 5.44. The highest BCUT2D eigenvalue weighted by molar-refractivity contribution is 6.09. The van der Waals surface area contributed by atoms with Crippen LogP contribution in [0.15, 0.2) is 34.7 Å². The van der Waals surface area contributed by atoms with Crippen LogP contribution in [0.25, 0.3) is 0 Å². The zero-order valence-corrected chi connectivity index (χ0v) is 17.1. The number of carboxylic acids is 1. The maximum atomic E-state index is 12.8. The van der Waals surface area contributed by atoms with E-state index in [4.69, 9.17) is 9.52 Å². The Hall–Kier alpha value is -3.09. The van der Waals surface area contributed by atoms with Crippen LogP contribution < -0.4 is 4.90 Å². The van der Waals surface area contributed by atoms with Gasteiger partial charge in [-0.3, -0.25) is 9.59 Å². The summed E-state index contributed by atoms with van der Waals surface area (Å²) in [6, 6.07) is 9.27. The second-order valence-corrected chi connectivity index (χ2v) is 7.76. The highest BCUT2D eigenvalue weighted by Crippen LogP contribution is 2.28. The standard InChI is InChI=1S/C22H26N2O5/c1-13(2)15-5-7-16(8-6-15)24-10-9-18(21(24)26)20(25)23(4)12-17-11-19(22(27)28)14(3)29-17/h5-8,11,13,18H,9-10,12H2,1-4H3,(H,27,28). The summed E-state index contributed by atoms with van der Waals surface area (Å²) in [7, 11) is 1.59. The van der Waals surface area contributed by atoms with Crippen LogP contribution in [0, 0.1) is 12.8 Å². The van der Waals surface area contributed by atoms with Crippen molar-refractivity contribution in [2.45, 2.75) is 39.7 Å². The first-order valence-electron chi connectivity index (χ1n) is 9.68. The molecule has 7 nitrogen and oxygen atoms in total. The number of carbonyl (C=O) groups is 3. The minimum Gasteiger partial charge on any atom is -0.478 e. The lowest BCUT2D eigenvalue weighted by atomic mass is 10.0. The van der Waals surface area contributed by atoms with E-state index >= 15 is 0 Å². The van der Waals surface area contributed by atoms with Gasteiger partial charge in [-0.1, -0.05) is 26.0 Å². The Morgan fingerprint density at radius 3 is 2.48 bits per heavy atom. The number of benzene rings is 1. The maximum absolute atomic E-state index is 12.8. The van der Waals surface area contributed by atoms with Crippen LogP contribution in [0.2, 0.25) is 0 Å². The number of carboxylic acid groups (broad SMARTS) is 1. The van der Waals surface area contributed by atoms with E-state index in [9.17, 15) is 14.4 Å². The first kappa shape index (κ1) is 20.6. The summed E-state index contributed by atoms with van der Waals surface area (Å²) in [5.74, 6) is -1.23. The number of rotatable bonds is 6. The van der Waals surface area contributed by atoms with E-state index in [0.29, 0.717) is 30.4 Å². The number of hydrogen-bond donors (Lipinski definition) is 1. The third kappa shape index (κ3) is 4.18. The molecule has 7 heteroatoms. The number of furan rings is 1. The van der Waals surface area contributed by atoms with Crippen LogP contribution in [0.3, 0.4) is 0 Å². The van der Waals surface area contributed by atoms with Crippen LogP contribution >= 0.6 is 0 Å². The largest absolute Gasteiger partial charge is 0.478 e. The summed E-state index contributed by atoms with van der Waals surface area (Å²) in [6.07, 6.45) is 0.450. The lowest BCUT2D eigenvalue weighted by Crippen LogP contribution is -2.37. The van der Waals surface area contributed by atoms with Crippen LogP contribution in [0.4, 0.5) is 5.69 Å². The molecule has 29 heavy (non-hydrogen) atoms. The van der Waals surface area contributed by atoms with Crippen molar-refractivity contribution >= 4 is 23.5 Å². The predicted octanol–water partition coefficient (Wildman–Crippen LogP) is 3.42. The second kappa shape index (κ2) is 8.11. The molecule has 0 radical (unpaired) electrons. The highest BCUT2D eigenvalue weighted by Gasteiger charge is 2.39. The molecule has 2 aromatic rings. The van der Waals surface area contributed by atoms with E-state index in [0.717, 1.165) is 5.69 Å². The van der Waals surface area contributed by atoms with Crippen molar-refractivity contribution in [2.75, 3.05) is 18.5 Å². The molecule has 1 aliphatic heterocycles. The minimum atomic E-state index is -1.07. The van der Waals surface area contributed by atoms with Gasteiger partial charge in [0.15, 0.2) is 0 Å². The zero-order valence-electron chi connectivity index (χ0n) is 17.1. The van der Waals surface area contributed by atoms with Gasteiger partial charge in [0.1, 0.15) is 23.0 Å².